The Morgan fingerprint density at radius 2 is 2.10 bits per heavy atom. The Morgan fingerprint density at radius 3 is 2.77 bits per heavy atom. The molecule has 0 unspecified atom stereocenters. The maximum atomic E-state index is 13.2. The molecule has 2 amide bonds. The standard InChI is InChI=1S/C21H23N11O5S2/c1-8(2)37-28-13(16-26-21(24)39-29-16)17(33)25-14-18(34)31-15(20(35)36)9(7-38-19(14)31)5-30-6-11(23)32-12(30)4-3-10(22)27-32/h3-4,6,8,14,19H,5,7H2,1-2H3,(H7-,22,23,24,25,26,27,29,33,35,36)/p+1/b28-13-/t14-,19-/m1/s1. The third-order valence-corrected chi connectivity index (χ3v) is 7.67. The number of rotatable bonds is 8. The molecule has 16 nitrogen and oxygen atoms in total. The molecule has 18 heteroatoms. The monoisotopic (exact) mass is 574 g/mol. The molecule has 3 aromatic rings. The molecule has 0 spiro atoms. The maximum absolute atomic E-state index is 13.2. The van der Waals surface area contributed by atoms with Crippen molar-refractivity contribution in [2.45, 2.75) is 37.9 Å². The zero-order chi connectivity index (χ0) is 28.0. The number of carboxylic acids is 1. The molecule has 2 aliphatic heterocycles. The van der Waals surface area contributed by atoms with Gasteiger partial charge < -0.3 is 32.5 Å². The summed E-state index contributed by atoms with van der Waals surface area (Å²) in [6, 6.07) is 2.32. The molecule has 3 aromatic heterocycles. The van der Waals surface area contributed by atoms with Gasteiger partial charge in [0.15, 0.2) is 17.1 Å². The zero-order valence-corrected chi connectivity index (χ0v) is 22.3. The number of nitrogen functional groups attached to an aromatic ring is 3. The second-order valence-electron chi connectivity index (χ2n) is 8.88. The largest absolute Gasteiger partial charge is 0.477 e. The van der Waals surface area contributed by atoms with E-state index >= 15 is 0 Å². The molecular weight excluding hydrogens is 550 g/mol. The van der Waals surface area contributed by atoms with Crippen molar-refractivity contribution in [3.8, 4) is 0 Å². The minimum Gasteiger partial charge on any atom is -0.477 e. The van der Waals surface area contributed by atoms with E-state index in [0.29, 0.717) is 17.0 Å². The molecule has 204 valence electrons. The van der Waals surface area contributed by atoms with E-state index in [4.69, 9.17) is 22.0 Å². The quantitative estimate of drug-likeness (QED) is 0.0922. The number of amides is 2. The highest BCUT2D eigenvalue weighted by Gasteiger charge is 2.54. The summed E-state index contributed by atoms with van der Waals surface area (Å²) in [5, 5.41) is 20.1. The summed E-state index contributed by atoms with van der Waals surface area (Å²) < 4.78 is 7.18. The molecule has 0 saturated carbocycles. The van der Waals surface area contributed by atoms with Crippen molar-refractivity contribution in [1.82, 2.24) is 29.2 Å². The molecule has 8 N–H and O–H groups in total. The average Bonchev–Trinajstić information content (AvgIpc) is 3.44. The normalized spacial score (nSPS) is 19.3. The van der Waals surface area contributed by atoms with Gasteiger partial charge in [-0.2, -0.15) is 9.36 Å². The van der Waals surface area contributed by atoms with Crippen LogP contribution in [0.4, 0.5) is 16.8 Å². The van der Waals surface area contributed by atoms with Crippen LogP contribution in [0.5, 0.6) is 0 Å². The number of hydrogen-bond acceptors (Lipinski definition) is 13. The second-order valence-corrected chi connectivity index (χ2v) is 10.8. The summed E-state index contributed by atoms with van der Waals surface area (Å²) in [4.78, 5) is 48.9. The lowest BCUT2D eigenvalue weighted by atomic mass is 10.0. The van der Waals surface area contributed by atoms with E-state index in [1.807, 2.05) is 0 Å². The van der Waals surface area contributed by atoms with Crippen LogP contribution in [0.25, 0.3) is 5.65 Å². The van der Waals surface area contributed by atoms with Crippen LogP contribution in [0, 0.1) is 0 Å². The Kier molecular flexibility index (Phi) is 6.73. The lowest BCUT2D eigenvalue weighted by molar-refractivity contribution is -0.662. The van der Waals surface area contributed by atoms with Crippen molar-refractivity contribution in [3.63, 3.8) is 0 Å². The fourth-order valence-corrected chi connectivity index (χ4v) is 5.91. The summed E-state index contributed by atoms with van der Waals surface area (Å²) in [5.74, 6) is -1.76. The van der Waals surface area contributed by atoms with Crippen molar-refractivity contribution >= 4 is 69.2 Å². The van der Waals surface area contributed by atoms with Crippen LogP contribution < -0.4 is 27.1 Å². The number of β-lactam (4-membered cyclic amide) rings is 1. The Balaban J connectivity index is 1.38. The van der Waals surface area contributed by atoms with Crippen LogP contribution in [0.15, 0.2) is 34.8 Å². The van der Waals surface area contributed by atoms with E-state index in [-0.39, 0.29) is 46.6 Å². The van der Waals surface area contributed by atoms with E-state index in [9.17, 15) is 19.5 Å². The molecule has 0 radical (unpaired) electrons. The highest BCUT2D eigenvalue weighted by Crippen LogP contribution is 2.40. The molecule has 2 atom stereocenters. The summed E-state index contributed by atoms with van der Waals surface area (Å²) in [7, 11) is 0. The SMILES string of the molecule is CC(C)O/N=C(\C(=O)N[C@@H]1C(=O)N2C(C(=O)O)=C(C[n+]3cc(N)n4nc(N)ccc43)CS[C@H]12)c1nsc(N)n1. The summed E-state index contributed by atoms with van der Waals surface area (Å²) in [6.07, 6.45) is 1.28. The van der Waals surface area contributed by atoms with Gasteiger partial charge in [-0.15, -0.1) is 11.8 Å². The van der Waals surface area contributed by atoms with Gasteiger partial charge in [0.2, 0.25) is 11.5 Å². The van der Waals surface area contributed by atoms with E-state index in [2.05, 4.69) is 24.9 Å². The number of nitrogens with one attached hydrogen (secondary N) is 1. The van der Waals surface area contributed by atoms with Crippen LogP contribution in [-0.2, 0) is 25.8 Å². The van der Waals surface area contributed by atoms with E-state index < -0.39 is 29.2 Å². The van der Waals surface area contributed by atoms with Gasteiger partial charge in [0.1, 0.15) is 29.8 Å². The molecule has 0 aliphatic carbocycles. The first-order valence-corrected chi connectivity index (χ1v) is 13.3. The van der Waals surface area contributed by atoms with Gasteiger partial charge in [-0.3, -0.25) is 14.5 Å². The Hall–Kier alpha value is -4.45. The number of carbonyl (C=O) groups is 3. The number of aromatic nitrogens is 5. The molecule has 1 fully saturated rings. The third-order valence-electron chi connectivity index (χ3n) is 5.78. The highest BCUT2D eigenvalue weighted by atomic mass is 32.2. The van der Waals surface area contributed by atoms with Gasteiger partial charge in [0, 0.05) is 28.9 Å². The molecule has 39 heavy (non-hydrogen) atoms. The van der Waals surface area contributed by atoms with Crippen molar-refractivity contribution in [3.05, 3.63) is 35.4 Å². The number of nitrogens with two attached hydrogens (primary N) is 3. The molecule has 5 heterocycles. The predicted octanol–water partition coefficient (Wildman–Crippen LogP) is -1.21. The summed E-state index contributed by atoms with van der Waals surface area (Å²) in [6.45, 7) is 3.59. The summed E-state index contributed by atoms with van der Waals surface area (Å²) >= 11 is 2.20. The molecule has 0 aromatic carbocycles. The number of hydrogen-bond donors (Lipinski definition) is 5. The number of aliphatic carboxylic acids is 1. The van der Waals surface area contributed by atoms with Crippen LogP contribution in [0.3, 0.4) is 0 Å². The number of carboxylic acid groups (broad SMARTS) is 1. The number of nitrogens with zero attached hydrogens (tertiary/aromatic N) is 7. The summed E-state index contributed by atoms with van der Waals surface area (Å²) in [5.41, 5.74) is 18.1. The topological polar surface area (TPSA) is 233 Å². The van der Waals surface area contributed by atoms with E-state index in [1.54, 1.807) is 36.7 Å². The number of fused-ring (bicyclic) bond motifs is 2. The number of oxime groups is 1. The minimum atomic E-state index is -1.26. The highest BCUT2D eigenvalue weighted by molar-refractivity contribution is 8.00. The van der Waals surface area contributed by atoms with Gasteiger partial charge in [-0.05, 0) is 19.9 Å². The van der Waals surface area contributed by atoms with Gasteiger partial charge in [0.25, 0.3) is 17.6 Å². The van der Waals surface area contributed by atoms with Crippen molar-refractivity contribution in [2.75, 3.05) is 23.0 Å². The fourth-order valence-electron chi connectivity index (χ4n) is 4.14. The number of thioether (sulfide) groups is 1. The smallest absolute Gasteiger partial charge is 0.352 e. The van der Waals surface area contributed by atoms with Crippen LogP contribution >= 0.6 is 23.3 Å². The molecular formula is C21H24N11O5S2+. The molecule has 1 saturated heterocycles. The lowest BCUT2D eigenvalue weighted by Gasteiger charge is -2.49. The molecule has 0 bridgehead atoms. The number of imidazole rings is 1. The number of anilines is 3. The first-order valence-electron chi connectivity index (χ1n) is 11.5. The zero-order valence-electron chi connectivity index (χ0n) is 20.6. The lowest BCUT2D eigenvalue weighted by Crippen LogP contribution is -2.71. The maximum Gasteiger partial charge on any atom is 0.352 e. The Labute approximate surface area is 228 Å². The molecule has 5 rings (SSSR count). The van der Waals surface area contributed by atoms with E-state index in [0.717, 1.165) is 11.5 Å². The van der Waals surface area contributed by atoms with E-state index in [1.165, 1.54) is 21.2 Å². The number of carbonyl (C=O) groups excluding carboxylic acids is 2. The van der Waals surface area contributed by atoms with Crippen molar-refractivity contribution in [2.24, 2.45) is 5.16 Å². The van der Waals surface area contributed by atoms with Crippen molar-refractivity contribution < 1.29 is 28.9 Å². The Bertz CT molecular complexity index is 1560. The van der Waals surface area contributed by atoms with Crippen LogP contribution in [0.1, 0.15) is 19.7 Å². The Morgan fingerprint density at radius 1 is 1.33 bits per heavy atom. The van der Waals surface area contributed by atoms with Gasteiger partial charge >= 0.3 is 11.6 Å². The fraction of sp³-hybridized carbons (Fsp3) is 0.333. The van der Waals surface area contributed by atoms with Crippen molar-refractivity contribution in [1.29, 1.82) is 0 Å². The van der Waals surface area contributed by atoms with Gasteiger partial charge in [-0.25, -0.2) is 9.36 Å². The molecule has 2 aliphatic rings. The second kappa shape index (κ2) is 10.0. The van der Waals surface area contributed by atoms with Gasteiger partial charge in [0.05, 0.1) is 0 Å². The third kappa shape index (κ3) is 4.78. The van der Waals surface area contributed by atoms with Crippen LogP contribution in [-0.4, -0.2) is 75.7 Å². The van der Waals surface area contributed by atoms with Gasteiger partial charge in [-0.1, -0.05) is 14.8 Å². The van der Waals surface area contributed by atoms with Crippen LogP contribution in [0.2, 0.25) is 0 Å². The predicted molar refractivity (Wildman–Crippen MR) is 141 cm³/mol. The first-order chi connectivity index (χ1) is 18.5. The minimum absolute atomic E-state index is 0.0451. The average molecular weight is 575 g/mol. The first kappa shape index (κ1) is 26.2.